The van der Waals surface area contributed by atoms with Gasteiger partial charge in [0.25, 0.3) is 0 Å². The van der Waals surface area contributed by atoms with E-state index in [0.717, 1.165) is 30.0 Å². The molecular formula is C11H13Cl2NO2S. The monoisotopic (exact) mass is 293 g/mol. The summed E-state index contributed by atoms with van der Waals surface area (Å²) in [5.41, 5.74) is 0.787. The zero-order valence-electron chi connectivity index (χ0n) is 9.08. The summed E-state index contributed by atoms with van der Waals surface area (Å²) in [5.74, 6) is 1.37. The van der Waals surface area contributed by atoms with E-state index in [0.29, 0.717) is 6.04 Å². The molecule has 0 atom stereocenters. The highest BCUT2D eigenvalue weighted by atomic mass is 35.5. The van der Waals surface area contributed by atoms with Crippen LogP contribution in [0.25, 0.3) is 0 Å². The molecule has 0 spiro atoms. The number of aromatic hydroxyl groups is 1. The predicted octanol–water partition coefficient (Wildman–Crippen LogP) is 3.02. The minimum atomic E-state index is -0.663. The molecule has 0 bridgehead atoms. The molecule has 1 aliphatic rings. The molecule has 0 aromatic heterocycles. The topological polar surface area (TPSA) is 49.3 Å². The second-order valence-electron chi connectivity index (χ2n) is 4.06. The van der Waals surface area contributed by atoms with Crippen LogP contribution in [0.4, 0.5) is 5.69 Å². The van der Waals surface area contributed by atoms with Crippen molar-refractivity contribution in [3.8, 4) is 5.75 Å². The van der Waals surface area contributed by atoms with Crippen LogP contribution < -0.4 is 5.32 Å². The molecule has 1 aromatic rings. The molecule has 0 amide bonds. The van der Waals surface area contributed by atoms with E-state index in [4.69, 9.17) is 23.2 Å². The van der Waals surface area contributed by atoms with Crippen LogP contribution >= 0.6 is 23.2 Å². The lowest BCUT2D eigenvalue weighted by atomic mass is 10.1. The molecule has 1 saturated heterocycles. The molecule has 1 aliphatic heterocycles. The average Bonchev–Trinajstić information content (AvgIpc) is 2.29. The third-order valence-electron chi connectivity index (χ3n) is 2.78. The van der Waals surface area contributed by atoms with E-state index in [1.54, 1.807) is 12.1 Å². The molecule has 2 rings (SSSR count). The highest BCUT2D eigenvalue weighted by molar-refractivity contribution is 7.85. The summed E-state index contributed by atoms with van der Waals surface area (Å²) in [4.78, 5) is 0. The van der Waals surface area contributed by atoms with Gasteiger partial charge in [-0.25, -0.2) is 0 Å². The van der Waals surface area contributed by atoms with Crippen LogP contribution in [-0.4, -0.2) is 26.9 Å². The Bertz CT molecular complexity index is 420. The molecule has 6 heteroatoms. The molecule has 0 saturated carbocycles. The minimum absolute atomic E-state index is 0.0939. The molecule has 3 nitrogen and oxygen atoms in total. The molecule has 0 aliphatic carbocycles. The third kappa shape index (κ3) is 3.27. The summed E-state index contributed by atoms with van der Waals surface area (Å²) < 4.78 is 11.2. The maximum Gasteiger partial charge on any atom is 0.152 e. The summed E-state index contributed by atoms with van der Waals surface area (Å²) in [7, 11) is -0.663. The number of nitrogens with one attached hydrogen (secondary N) is 1. The fourth-order valence-electron chi connectivity index (χ4n) is 1.82. The summed E-state index contributed by atoms with van der Waals surface area (Å²) in [6, 6.07) is 3.59. The third-order valence-corrected chi connectivity index (χ3v) is 4.73. The van der Waals surface area contributed by atoms with Gasteiger partial charge in [-0.05, 0) is 25.0 Å². The van der Waals surface area contributed by atoms with E-state index < -0.39 is 10.8 Å². The van der Waals surface area contributed by atoms with Gasteiger partial charge >= 0.3 is 0 Å². The van der Waals surface area contributed by atoms with Gasteiger partial charge in [0, 0.05) is 34.0 Å². The summed E-state index contributed by atoms with van der Waals surface area (Å²) in [6.45, 7) is 0. The number of hydrogen-bond donors (Lipinski definition) is 2. The van der Waals surface area contributed by atoms with Crippen molar-refractivity contribution < 1.29 is 9.32 Å². The smallest absolute Gasteiger partial charge is 0.152 e. The lowest BCUT2D eigenvalue weighted by Gasteiger charge is -2.23. The molecule has 1 aromatic carbocycles. The number of halogens is 2. The fraction of sp³-hybridized carbons (Fsp3) is 0.455. The molecule has 1 heterocycles. The highest BCUT2D eigenvalue weighted by Crippen LogP contribution is 2.35. The Morgan fingerprint density at radius 3 is 2.29 bits per heavy atom. The Morgan fingerprint density at radius 1 is 1.24 bits per heavy atom. The van der Waals surface area contributed by atoms with Crippen molar-refractivity contribution in [3.63, 3.8) is 0 Å². The molecule has 2 N–H and O–H groups in total. The normalized spacial score (nSPS) is 24.6. The first-order chi connectivity index (χ1) is 8.06. The molecule has 1 fully saturated rings. The van der Waals surface area contributed by atoms with Gasteiger partial charge in [0.15, 0.2) is 5.75 Å². The molecule has 17 heavy (non-hydrogen) atoms. The van der Waals surface area contributed by atoms with Crippen LogP contribution in [-0.2, 0) is 10.8 Å². The number of hydrogen-bond acceptors (Lipinski definition) is 3. The minimum Gasteiger partial charge on any atom is -0.505 e. The molecule has 0 radical (unpaired) electrons. The van der Waals surface area contributed by atoms with E-state index in [1.807, 2.05) is 0 Å². The summed E-state index contributed by atoms with van der Waals surface area (Å²) in [6.07, 6.45) is 1.76. The van der Waals surface area contributed by atoms with Crippen molar-refractivity contribution in [1.82, 2.24) is 0 Å². The highest BCUT2D eigenvalue weighted by Gasteiger charge is 2.18. The van der Waals surface area contributed by atoms with E-state index in [1.165, 1.54) is 0 Å². The van der Waals surface area contributed by atoms with Gasteiger partial charge in [0.2, 0.25) is 0 Å². The van der Waals surface area contributed by atoms with Crippen LogP contribution in [0, 0.1) is 0 Å². The van der Waals surface area contributed by atoms with Gasteiger partial charge in [0.1, 0.15) is 0 Å². The maximum absolute atomic E-state index is 11.2. The summed E-state index contributed by atoms with van der Waals surface area (Å²) >= 11 is 11.7. The second kappa shape index (κ2) is 5.46. The van der Waals surface area contributed by atoms with Gasteiger partial charge in [0.05, 0.1) is 10.0 Å². The van der Waals surface area contributed by atoms with Crippen LogP contribution in [0.3, 0.4) is 0 Å². The van der Waals surface area contributed by atoms with E-state index >= 15 is 0 Å². The molecule has 94 valence electrons. The van der Waals surface area contributed by atoms with Crippen molar-refractivity contribution in [2.75, 3.05) is 16.8 Å². The number of phenolic OH excluding ortho intramolecular Hbond substituents is 1. The van der Waals surface area contributed by atoms with E-state index in [2.05, 4.69) is 5.32 Å². The Kier molecular flexibility index (Phi) is 4.17. The summed E-state index contributed by atoms with van der Waals surface area (Å²) in [5, 5.41) is 13.2. The Morgan fingerprint density at radius 2 is 1.76 bits per heavy atom. The van der Waals surface area contributed by atoms with E-state index in [9.17, 15) is 9.32 Å². The first kappa shape index (κ1) is 13.0. The van der Waals surface area contributed by atoms with Gasteiger partial charge in [-0.2, -0.15) is 0 Å². The van der Waals surface area contributed by atoms with Crippen LogP contribution in [0.15, 0.2) is 12.1 Å². The van der Waals surface area contributed by atoms with Gasteiger partial charge in [-0.1, -0.05) is 23.2 Å². The number of phenols is 1. The first-order valence-electron chi connectivity index (χ1n) is 5.36. The van der Waals surface area contributed by atoms with Crippen LogP contribution in [0.1, 0.15) is 12.8 Å². The number of benzene rings is 1. The van der Waals surface area contributed by atoms with Crippen molar-refractivity contribution in [3.05, 3.63) is 22.2 Å². The zero-order chi connectivity index (χ0) is 12.4. The van der Waals surface area contributed by atoms with Crippen molar-refractivity contribution >= 4 is 39.7 Å². The van der Waals surface area contributed by atoms with E-state index in [-0.39, 0.29) is 15.8 Å². The standard InChI is InChI=1S/C11H13Cl2NO2S/c12-9-5-8(6-10(13)11(9)15)14-7-1-3-17(16)4-2-7/h5-7,14-15H,1-4H2. The average molecular weight is 294 g/mol. The van der Waals surface area contributed by atoms with Crippen molar-refractivity contribution in [2.45, 2.75) is 18.9 Å². The SMILES string of the molecule is O=S1CCC(Nc2cc(Cl)c(O)c(Cl)c2)CC1. The van der Waals surface area contributed by atoms with Crippen molar-refractivity contribution in [2.24, 2.45) is 0 Å². The van der Waals surface area contributed by atoms with Crippen LogP contribution in [0.5, 0.6) is 5.75 Å². The van der Waals surface area contributed by atoms with Gasteiger partial charge < -0.3 is 10.4 Å². The van der Waals surface area contributed by atoms with Crippen molar-refractivity contribution in [1.29, 1.82) is 0 Å². The first-order valence-corrected chi connectivity index (χ1v) is 7.60. The van der Waals surface area contributed by atoms with Gasteiger partial charge in [-0.3, -0.25) is 4.21 Å². The second-order valence-corrected chi connectivity index (χ2v) is 6.57. The Balaban J connectivity index is 2.06. The quantitative estimate of drug-likeness (QED) is 0.824. The Hall–Kier alpha value is -0.450. The van der Waals surface area contributed by atoms with Crippen LogP contribution in [0.2, 0.25) is 10.0 Å². The fourth-order valence-corrected chi connectivity index (χ4v) is 3.61. The molecular weight excluding hydrogens is 281 g/mol. The lowest BCUT2D eigenvalue weighted by molar-refractivity contribution is 0.476. The number of anilines is 1. The Labute approximate surface area is 113 Å². The lowest BCUT2D eigenvalue weighted by Crippen LogP contribution is -2.29. The van der Waals surface area contributed by atoms with Gasteiger partial charge in [-0.15, -0.1) is 0 Å². The largest absolute Gasteiger partial charge is 0.505 e. The zero-order valence-corrected chi connectivity index (χ0v) is 11.4. The molecule has 0 unspecified atom stereocenters. The predicted molar refractivity (Wildman–Crippen MR) is 72.6 cm³/mol. The maximum atomic E-state index is 11.2. The number of rotatable bonds is 2.